The van der Waals surface area contributed by atoms with E-state index in [2.05, 4.69) is 10.6 Å². The van der Waals surface area contributed by atoms with Crippen LogP contribution >= 0.6 is 0 Å². The number of hydrogen-bond acceptors (Lipinski definition) is 4. The molecule has 0 fully saturated rings. The molecule has 0 bridgehead atoms. The van der Waals surface area contributed by atoms with Crippen molar-refractivity contribution >= 4 is 11.8 Å². The maximum atomic E-state index is 11.9. The molecule has 1 aliphatic heterocycles. The lowest BCUT2D eigenvalue weighted by atomic mass is 10.1. The van der Waals surface area contributed by atoms with Gasteiger partial charge in [0.2, 0.25) is 11.8 Å². The van der Waals surface area contributed by atoms with Gasteiger partial charge in [-0.05, 0) is 17.7 Å². The number of hydrogen-bond donors (Lipinski definition) is 2. The van der Waals surface area contributed by atoms with E-state index in [-0.39, 0.29) is 24.2 Å². The van der Waals surface area contributed by atoms with E-state index >= 15 is 0 Å². The SMILES string of the molecule is CC(C)C(=O)NCCNC(=O)Cc1ccc2c(c1)OCCO2. The molecule has 6 nitrogen and oxygen atoms in total. The minimum Gasteiger partial charge on any atom is -0.486 e. The Morgan fingerprint density at radius 3 is 2.50 bits per heavy atom. The smallest absolute Gasteiger partial charge is 0.224 e. The Hall–Kier alpha value is -2.24. The fourth-order valence-corrected chi connectivity index (χ4v) is 2.04. The van der Waals surface area contributed by atoms with Crippen LogP contribution in [0.1, 0.15) is 19.4 Å². The first-order chi connectivity index (χ1) is 10.6. The first kappa shape index (κ1) is 16.1. The van der Waals surface area contributed by atoms with Crippen LogP contribution in [0.3, 0.4) is 0 Å². The number of carbonyl (C=O) groups is 2. The van der Waals surface area contributed by atoms with Crippen LogP contribution in [0.2, 0.25) is 0 Å². The summed E-state index contributed by atoms with van der Waals surface area (Å²) in [5.41, 5.74) is 0.868. The van der Waals surface area contributed by atoms with E-state index in [0.29, 0.717) is 37.8 Å². The van der Waals surface area contributed by atoms with Crippen molar-refractivity contribution in [3.05, 3.63) is 23.8 Å². The zero-order valence-corrected chi connectivity index (χ0v) is 13.0. The average Bonchev–Trinajstić information content (AvgIpc) is 2.51. The van der Waals surface area contributed by atoms with Gasteiger partial charge in [0.15, 0.2) is 11.5 Å². The minimum absolute atomic E-state index is 0.0129. The van der Waals surface area contributed by atoms with E-state index in [1.54, 1.807) is 0 Å². The predicted octanol–water partition coefficient (Wildman–Crippen LogP) is 0.889. The lowest BCUT2D eigenvalue weighted by molar-refractivity contribution is -0.124. The van der Waals surface area contributed by atoms with E-state index in [4.69, 9.17) is 9.47 Å². The maximum Gasteiger partial charge on any atom is 0.224 e. The van der Waals surface area contributed by atoms with Gasteiger partial charge in [0.05, 0.1) is 6.42 Å². The lowest BCUT2D eigenvalue weighted by Gasteiger charge is -2.18. The Morgan fingerprint density at radius 1 is 1.09 bits per heavy atom. The van der Waals surface area contributed by atoms with Gasteiger partial charge in [0.1, 0.15) is 13.2 Å². The Bertz CT molecular complexity index is 543. The van der Waals surface area contributed by atoms with Crippen molar-refractivity contribution in [2.45, 2.75) is 20.3 Å². The molecule has 0 aliphatic carbocycles. The zero-order valence-electron chi connectivity index (χ0n) is 13.0. The zero-order chi connectivity index (χ0) is 15.9. The summed E-state index contributed by atoms with van der Waals surface area (Å²) >= 11 is 0. The second-order valence-corrected chi connectivity index (χ2v) is 5.45. The van der Waals surface area contributed by atoms with Gasteiger partial charge < -0.3 is 20.1 Å². The third-order valence-electron chi connectivity index (χ3n) is 3.24. The molecular weight excluding hydrogens is 284 g/mol. The Balaban J connectivity index is 1.74. The average molecular weight is 306 g/mol. The second-order valence-electron chi connectivity index (χ2n) is 5.45. The summed E-state index contributed by atoms with van der Waals surface area (Å²) in [5, 5.41) is 5.53. The largest absolute Gasteiger partial charge is 0.486 e. The molecule has 2 rings (SSSR count). The molecule has 0 saturated carbocycles. The molecular formula is C16H22N2O4. The number of benzene rings is 1. The molecule has 1 aromatic rings. The normalized spacial score (nSPS) is 12.9. The van der Waals surface area contributed by atoms with E-state index in [1.165, 1.54) is 0 Å². The molecule has 0 spiro atoms. The number of nitrogens with one attached hydrogen (secondary N) is 2. The third kappa shape index (κ3) is 4.65. The summed E-state index contributed by atoms with van der Waals surface area (Å²) < 4.78 is 10.9. The fourth-order valence-electron chi connectivity index (χ4n) is 2.04. The Labute approximate surface area is 130 Å². The predicted molar refractivity (Wildman–Crippen MR) is 82.0 cm³/mol. The molecule has 0 atom stereocenters. The van der Waals surface area contributed by atoms with Crippen LogP contribution in [0, 0.1) is 5.92 Å². The summed E-state index contributed by atoms with van der Waals surface area (Å²) in [6.07, 6.45) is 0.273. The van der Waals surface area contributed by atoms with Crippen LogP contribution in [0.4, 0.5) is 0 Å². The highest BCUT2D eigenvalue weighted by atomic mass is 16.6. The number of fused-ring (bicyclic) bond motifs is 1. The number of amides is 2. The van der Waals surface area contributed by atoms with Crippen LogP contribution in [0.25, 0.3) is 0 Å². The van der Waals surface area contributed by atoms with Crippen molar-refractivity contribution in [3.8, 4) is 11.5 Å². The molecule has 1 aromatic carbocycles. The van der Waals surface area contributed by atoms with Crippen molar-refractivity contribution in [1.82, 2.24) is 10.6 Å². The van der Waals surface area contributed by atoms with Crippen LogP contribution in [-0.4, -0.2) is 38.1 Å². The summed E-state index contributed by atoms with van der Waals surface area (Å²) in [6.45, 7) is 5.59. The van der Waals surface area contributed by atoms with E-state index in [0.717, 1.165) is 5.56 Å². The van der Waals surface area contributed by atoms with Crippen molar-refractivity contribution < 1.29 is 19.1 Å². The standard InChI is InChI=1S/C16H22N2O4/c1-11(2)16(20)18-6-5-17-15(19)10-12-3-4-13-14(9-12)22-8-7-21-13/h3-4,9,11H,5-8,10H2,1-2H3,(H,17,19)(H,18,20). The third-order valence-corrected chi connectivity index (χ3v) is 3.24. The summed E-state index contributed by atoms with van der Waals surface area (Å²) in [4.78, 5) is 23.2. The fraction of sp³-hybridized carbons (Fsp3) is 0.500. The molecule has 1 heterocycles. The Kier molecular flexibility index (Phi) is 5.63. The molecule has 0 aromatic heterocycles. The van der Waals surface area contributed by atoms with Crippen molar-refractivity contribution in [2.75, 3.05) is 26.3 Å². The van der Waals surface area contributed by atoms with E-state index in [9.17, 15) is 9.59 Å². The van der Waals surface area contributed by atoms with Gasteiger partial charge >= 0.3 is 0 Å². The van der Waals surface area contributed by atoms with Gasteiger partial charge in [0, 0.05) is 19.0 Å². The van der Waals surface area contributed by atoms with Gasteiger partial charge in [-0.2, -0.15) is 0 Å². The second kappa shape index (κ2) is 7.68. The molecule has 0 saturated heterocycles. The van der Waals surface area contributed by atoms with Crippen molar-refractivity contribution in [1.29, 1.82) is 0 Å². The molecule has 2 amide bonds. The minimum atomic E-state index is -0.0875. The lowest BCUT2D eigenvalue weighted by Crippen LogP contribution is -2.36. The summed E-state index contributed by atoms with van der Waals surface area (Å²) in [7, 11) is 0. The molecule has 6 heteroatoms. The monoisotopic (exact) mass is 306 g/mol. The topological polar surface area (TPSA) is 76.7 Å². The van der Waals surface area contributed by atoms with Gasteiger partial charge in [-0.25, -0.2) is 0 Å². The molecule has 120 valence electrons. The number of rotatable bonds is 6. The quantitative estimate of drug-likeness (QED) is 0.765. The highest BCUT2D eigenvalue weighted by molar-refractivity contribution is 5.79. The highest BCUT2D eigenvalue weighted by Crippen LogP contribution is 2.30. The van der Waals surface area contributed by atoms with Crippen LogP contribution in [0.15, 0.2) is 18.2 Å². The van der Waals surface area contributed by atoms with Crippen molar-refractivity contribution in [2.24, 2.45) is 5.92 Å². The molecule has 22 heavy (non-hydrogen) atoms. The van der Waals surface area contributed by atoms with E-state index in [1.807, 2.05) is 32.0 Å². The molecule has 2 N–H and O–H groups in total. The van der Waals surface area contributed by atoms with Gasteiger partial charge in [-0.15, -0.1) is 0 Å². The van der Waals surface area contributed by atoms with Crippen molar-refractivity contribution in [3.63, 3.8) is 0 Å². The van der Waals surface area contributed by atoms with Gasteiger partial charge in [-0.1, -0.05) is 19.9 Å². The highest BCUT2D eigenvalue weighted by Gasteiger charge is 2.13. The summed E-state index contributed by atoms with van der Waals surface area (Å²) in [6, 6.07) is 5.50. The van der Waals surface area contributed by atoms with Crippen LogP contribution < -0.4 is 20.1 Å². The Morgan fingerprint density at radius 2 is 1.77 bits per heavy atom. The number of ether oxygens (including phenoxy) is 2. The molecule has 0 unspecified atom stereocenters. The van der Waals surface area contributed by atoms with Crippen LogP contribution in [0.5, 0.6) is 11.5 Å². The van der Waals surface area contributed by atoms with Gasteiger partial charge in [-0.3, -0.25) is 9.59 Å². The van der Waals surface area contributed by atoms with E-state index < -0.39 is 0 Å². The first-order valence-corrected chi connectivity index (χ1v) is 7.49. The first-order valence-electron chi connectivity index (χ1n) is 7.49. The number of carbonyl (C=O) groups excluding carboxylic acids is 2. The van der Waals surface area contributed by atoms with Crippen LogP contribution in [-0.2, 0) is 16.0 Å². The summed E-state index contributed by atoms with van der Waals surface area (Å²) in [5.74, 6) is 1.25. The maximum absolute atomic E-state index is 11.9. The molecule has 1 aliphatic rings. The molecule has 0 radical (unpaired) electrons. The van der Waals surface area contributed by atoms with Gasteiger partial charge in [0.25, 0.3) is 0 Å².